The molecular weight excluding hydrogens is 213 g/mol. The number of anilines is 1. The molecule has 0 unspecified atom stereocenters. The van der Waals surface area contributed by atoms with Crippen LogP contribution in [0.3, 0.4) is 0 Å². The fourth-order valence-electron chi connectivity index (χ4n) is 1.93. The van der Waals surface area contributed by atoms with Gasteiger partial charge in [-0.2, -0.15) is 0 Å². The molecule has 1 aromatic rings. The molecule has 1 aliphatic rings. The number of carboxylic acid groups (broad SMARTS) is 1. The molecule has 0 atom stereocenters. The molecular formula is C11H12FNO3. The molecule has 2 N–H and O–H groups in total. The molecule has 0 aliphatic carbocycles. The van der Waals surface area contributed by atoms with Crippen molar-refractivity contribution in [2.24, 2.45) is 0 Å². The van der Waals surface area contributed by atoms with Crippen molar-refractivity contribution in [1.82, 2.24) is 0 Å². The van der Waals surface area contributed by atoms with E-state index in [1.807, 2.05) is 4.90 Å². The zero-order valence-corrected chi connectivity index (χ0v) is 8.61. The third-order valence-electron chi connectivity index (χ3n) is 2.74. The molecule has 5 heteroatoms. The Balaban J connectivity index is 2.44. The van der Waals surface area contributed by atoms with E-state index in [2.05, 4.69) is 0 Å². The number of carbonyl (C=O) groups is 1. The van der Waals surface area contributed by atoms with Crippen molar-refractivity contribution in [1.29, 1.82) is 0 Å². The zero-order chi connectivity index (χ0) is 11.7. The van der Waals surface area contributed by atoms with Crippen LogP contribution in [0.2, 0.25) is 0 Å². The number of rotatable bonds is 2. The average Bonchev–Trinajstić information content (AvgIpc) is 2.70. The van der Waals surface area contributed by atoms with Crippen LogP contribution in [-0.2, 0) is 0 Å². The third kappa shape index (κ3) is 1.80. The van der Waals surface area contributed by atoms with Crippen molar-refractivity contribution >= 4 is 11.7 Å². The van der Waals surface area contributed by atoms with Gasteiger partial charge in [0.25, 0.3) is 0 Å². The van der Waals surface area contributed by atoms with Gasteiger partial charge in [0.05, 0.1) is 11.3 Å². The molecule has 1 aliphatic heterocycles. The van der Waals surface area contributed by atoms with Gasteiger partial charge in [-0.1, -0.05) is 0 Å². The second-order valence-corrected chi connectivity index (χ2v) is 3.82. The first-order valence-electron chi connectivity index (χ1n) is 5.10. The van der Waals surface area contributed by atoms with Crippen molar-refractivity contribution in [2.45, 2.75) is 12.8 Å². The van der Waals surface area contributed by atoms with Gasteiger partial charge in [0.2, 0.25) is 0 Å². The zero-order valence-electron chi connectivity index (χ0n) is 8.61. The molecule has 0 aromatic heterocycles. The first-order chi connectivity index (χ1) is 7.59. The van der Waals surface area contributed by atoms with Crippen LogP contribution < -0.4 is 4.90 Å². The van der Waals surface area contributed by atoms with Crippen LogP contribution >= 0.6 is 0 Å². The molecule has 0 bridgehead atoms. The fourth-order valence-corrected chi connectivity index (χ4v) is 1.93. The molecule has 0 amide bonds. The van der Waals surface area contributed by atoms with Gasteiger partial charge in [-0.3, -0.25) is 0 Å². The maximum Gasteiger partial charge on any atom is 0.338 e. The van der Waals surface area contributed by atoms with E-state index in [9.17, 15) is 14.3 Å². The lowest BCUT2D eigenvalue weighted by Gasteiger charge is -2.19. The SMILES string of the molecule is O=C(O)c1cc(N2CCCC2)c(O)cc1F. The van der Waals surface area contributed by atoms with Crippen LogP contribution in [0.1, 0.15) is 23.2 Å². The normalized spacial score (nSPS) is 15.4. The van der Waals surface area contributed by atoms with Crippen molar-refractivity contribution < 1.29 is 19.4 Å². The number of carboxylic acids is 1. The lowest BCUT2D eigenvalue weighted by atomic mass is 10.1. The molecule has 1 aromatic carbocycles. The third-order valence-corrected chi connectivity index (χ3v) is 2.74. The fraction of sp³-hybridized carbons (Fsp3) is 0.364. The number of benzene rings is 1. The Kier molecular flexibility index (Phi) is 2.68. The van der Waals surface area contributed by atoms with Crippen molar-refractivity contribution in [3.8, 4) is 5.75 Å². The number of phenols is 1. The second-order valence-electron chi connectivity index (χ2n) is 3.82. The predicted molar refractivity (Wildman–Crippen MR) is 56.5 cm³/mol. The standard InChI is InChI=1S/C11H12FNO3/c12-8-6-10(14)9(5-7(8)11(15)16)13-3-1-2-4-13/h5-6,14H,1-4H2,(H,15,16). The number of phenolic OH excluding ortho intramolecular Hbond substituents is 1. The highest BCUT2D eigenvalue weighted by Crippen LogP contribution is 2.32. The van der Waals surface area contributed by atoms with E-state index in [0.29, 0.717) is 5.69 Å². The Morgan fingerprint density at radius 3 is 2.50 bits per heavy atom. The summed E-state index contributed by atoms with van der Waals surface area (Å²) in [5.74, 6) is -2.43. The molecule has 2 rings (SSSR count). The summed E-state index contributed by atoms with van der Waals surface area (Å²) in [5, 5.41) is 18.4. The van der Waals surface area contributed by atoms with E-state index in [1.54, 1.807) is 0 Å². The summed E-state index contributed by atoms with van der Waals surface area (Å²) >= 11 is 0. The van der Waals surface area contributed by atoms with E-state index < -0.39 is 17.3 Å². The first-order valence-corrected chi connectivity index (χ1v) is 5.10. The number of aromatic hydroxyl groups is 1. The van der Waals surface area contributed by atoms with E-state index in [1.165, 1.54) is 6.07 Å². The second kappa shape index (κ2) is 4.00. The van der Waals surface area contributed by atoms with Crippen LogP contribution in [0.25, 0.3) is 0 Å². The van der Waals surface area contributed by atoms with Gasteiger partial charge in [-0.05, 0) is 18.9 Å². The molecule has 1 saturated heterocycles. The molecule has 1 fully saturated rings. The van der Waals surface area contributed by atoms with E-state index >= 15 is 0 Å². The van der Waals surface area contributed by atoms with Gasteiger partial charge in [0, 0.05) is 19.2 Å². The Labute approximate surface area is 91.9 Å². The Bertz CT molecular complexity index is 427. The number of aromatic carboxylic acids is 1. The number of halogens is 1. The van der Waals surface area contributed by atoms with Crippen LogP contribution in [0.4, 0.5) is 10.1 Å². The monoisotopic (exact) mass is 225 g/mol. The van der Waals surface area contributed by atoms with Crippen LogP contribution in [0.15, 0.2) is 12.1 Å². The summed E-state index contributed by atoms with van der Waals surface area (Å²) in [5.41, 5.74) is -0.00370. The van der Waals surface area contributed by atoms with E-state index in [0.717, 1.165) is 32.0 Å². The Hall–Kier alpha value is -1.78. The van der Waals surface area contributed by atoms with Crippen LogP contribution in [0.5, 0.6) is 5.75 Å². The summed E-state index contributed by atoms with van der Waals surface area (Å²) in [6.45, 7) is 1.52. The summed E-state index contributed by atoms with van der Waals surface area (Å²) < 4.78 is 13.2. The molecule has 16 heavy (non-hydrogen) atoms. The van der Waals surface area contributed by atoms with Gasteiger partial charge in [-0.25, -0.2) is 9.18 Å². The largest absolute Gasteiger partial charge is 0.506 e. The van der Waals surface area contributed by atoms with Gasteiger partial charge < -0.3 is 15.1 Å². The molecule has 0 saturated carbocycles. The first kappa shape index (κ1) is 10.7. The number of hydrogen-bond donors (Lipinski definition) is 2. The minimum Gasteiger partial charge on any atom is -0.506 e. The summed E-state index contributed by atoms with van der Waals surface area (Å²) in [6.07, 6.45) is 2.00. The molecule has 0 spiro atoms. The average molecular weight is 225 g/mol. The topological polar surface area (TPSA) is 60.8 Å². The Morgan fingerprint density at radius 1 is 1.31 bits per heavy atom. The molecule has 1 heterocycles. The molecule has 4 nitrogen and oxygen atoms in total. The van der Waals surface area contributed by atoms with Gasteiger partial charge >= 0.3 is 5.97 Å². The van der Waals surface area contributed by atoms with Gasteiger partial charge in [0.15, 0.2) is 0 Å². The lowest BCUT2D eigenvalue weighted by molar-refractivity contribution is 0.0692. The van der Waals surface area contributed by atoms with Crippen LogP contribution in [0, 0.1) is 5.82 Å². The summed E-state index contributed by atoms with van der Waals surface area (Å²) in [6, 6.07) is 2.05. The van der Waals surface area contributed by atoms with Gasteiger partial charge in [-0.15, -0.1) is 0 Å². The van der Waals surface area contributed by atoms with Crippen molar-refractivity contribution in [3.05, 3.63) is 23.5 Å². The minimum atomic E-state index is -1.32. The molecule has 0 radical (unpaired) electrons. The highest BCUT2D eigenvalue weighted by atomic mass is 19.1. The number of nitrogens with zero attached hydrogens (tertiary/aromatic N) is 1. The van der Waals surface area contributed by atoms with Crippen molar-refractivity contribution in [3.63, 3.8) is 0 Å². The smallest absolute Gasteiger partial charge is 0.338 e. The van der Waals surface area contributed by atoms with E-state index in [4.69, 9.17) is 5.11 Å². The predicted octanol–water partition coefficient (Wildman–Crippen LogP) is 1.83. The summed E-state index contributed by atoms with van der Waals surface area (Å²) in [4.78, 5) is 12.6. The summed E-state index contributed by atoms with van der Waals surface area (Å²) in [7, 11) is 0. The van der Waals surface area contributed by atoms with Gasteiger partial charge in [0.1, 0.15) is 11.6 Å². The van der Waals surface area contributed by atoms with Crippen molar-refractivity contribution in [2.75, 3.05) is 18.0 Å². The maximum atomic E-state index is 13.2. The number of hydrogen-bond acceptors (Lipinski definition) is 3. The minimum absolute atomic E-state index is 0.204. The quantitative estimate of drug-likeness (QED) is 0.806. The van der Waals surface area contributed by atoms with Crippen LogP contribution in [-0.4, -0.2) is 29.3 Å². The molecule has 86 valence electrons. The lowest BCUT2D eigenvalue weighted by Crippen LogP contribution is -2.18. The Morgan fingerprint density at radius 2 is 1.94 bits per heavy atom. The highest BCUT2D eigenvalue weighted by Gasteiger charge is 2.20. The van der Waals surface area contributed by atoms with E-state index in [-0.39, 0.29) is 5.75 Å². The maximum absolute atomic E-state index is 13.2. The highest BCUT2D eigenvalue weighted by molar-refractivity contribution is 5.90.